The van der Waals surface area contributed by atoms with Crippen molar-refractivity contribution in [2.24, 2.45) is 0 Å². The lowest BCUT2D eigenvalue weighted by atomic mass is 10.2. The third-order valence-electron chi connectivity index (χ3n) is 2.51. The highest BCUT2D eigenvalue weighted by molar-refractivity contribution is 7.98. The highest BCUT2D eigenvalue weighted by Crippen LogP contribution is 2.25. The number of aryl methyl sites for hydroxylation is 1. The summed E-state index contributed by atoms with van der Waals surface area (Å²) in [6.45, 7) is 1.86. The van der Waals surface area contributed by atoms with Crippen LogP contribution in [0.5, 0.6) is 0 Å². The maximum Gasteiger partial charge on any atom is 0.277 e. The van der Waals surface area contributed by atoms with E-state index in [1.165, 1.54) is 23.9 Å². The average Bonchev–Trinajstić information content (AvgIpc) is 3.06. The van der Waals surface area contributed by atoms with Crippen molar-refractivity contribution in [3.8, 4) is 11.5 Å². The van der Waals surface area contributed by atoms with Crippen molar-refractivity contribution in [1.82, 2.24) is 15.4 Å². The van der Waals surface area contributed by atoms with E-state index >= 15 is 0 Å². The molecule has 5 nitrogen and oxygen atoms in total. The van der Waals surface area contributed by atoms with Gasteiger partial charge in [0.05, 0.1) is 11.4 Å². The first-order chi connectivity index (χ1) is 9.70. The van der Waals surface area contributed by atoms with E-state index < -0.39 is 0 Å². The molecule has 0 spiro atoms. The van der Waals surface area contributed by atoms with Gasteiger partial charge in [-0.2, -0.15) is 0 Å². The third kappa shape index (κ3) is 2.88. The number of nitrogens with zero attached hydrogens (tertiary/aromatic N) is 3. The summed E-state index contributed by atoms with van der Waals surface area (Å²) in [7, 11) is 0. The van der Waals surface area contributed by atoms with Gasteiger partial charge in [-0.3, -0.25) is 0 Å². The van der Waals surface area contributed by atoms with Gasteiger partial charge in [0.25, 0.3) is 5.22 Å². The van der Waals surface area contributed by atoms with Crippen molar-refractivity contribution < 1.29 is 13.3 Å². The number of benzene rings is 1. The summed E-state index contributed by atoms with van der Waals surface area (Å²) in [5, 5.41) is 12.1. The molecule has 0 saturated heterocycles. The predicted octanol–water partition coefficient (Wildman–Crippen LogP) is 3.46. The Morgan fingerprint density at radius 3 is 2.70 bits per heavy atom. The van der Waals surface area contributed by atoms with Gasteiger partial charge in [0.15, 0.2) is 0 Å². The maximum absolute atomic E-state index is 12.8. The molecule has 20 heavy (non-hydrogen) atoms. The monoisotopic (exact) mass is 291 g/mol. The van der Waals surface area contributed by atoms with Crippen LogP contribution in [0.4, 0.5) is 4.39 Å². The molecule has 2 heterocycles. The zero-order valence-corrected chi connectivity index (χ0v) is 11.4. The summed E-state index contributed by atoms with van der Waals surface area (Å²) in [5.74, 6) is 1.37. The van der Waals surface area contributed by atoms with Crippen molar-refractivity contribution in [2.75, 3.05) is 0 Å². The summed E-state index contributed by atoms with van der Waals surface area (Å²) in [5.41, 5.74) is 1.51. The zero-order valence-electron chi connectivity index (χ0n) is 10.5. The van der Waals surface area contributed by atoms with Crippen LogP contribution in [-0.2, 0) is 5.75 Å². The Kier molecular flexibility index (Phi) is 3.51. The van der Waals surface area contributed by atoms with Crippen LogP contribution in [0.1, 0.15) is 11.5 Å². The number of hydrogen-bond donors (Lipinski definition) is 0. The van der Waals surface area contributed by atoms with Crippen LogP contribution in [0.25, 0.3) is 11.5 Å². The second kappa shape index (κ2) is 5.46. The fraction of sp³-hybridized carbons (Fsp3) is 0.154. The molecule has 0 N–H and O–H groups in total. The Labute approximate surface area is 118 Å². The molecular formula is C13H10FN3O2S. The minimum absolute atomic E-state index is 0.302. The van der Waals surface area contributed by atoms with Gasteiger partial charge in [0.2, 0.25) is 5.89 Å². The van der Waals surface area contributed by atoms with E-state index in [-0.39, 0.29) is 5.82 Å². The summed E-state index contributed by atoms with van der Waals surface area (Å²) < 4.78 is 23.4. The predicted molar refractivity (Wildman–Crippen MR) is 70.5 cm³/mol. The first-order valence-corrected chi connectivity index (χ1v) is 6.84. The smallest absolute Gasteiger partial charge is 0.277 e. The fourth-order valence-corrected chi connectivity index (χ4v) is 2.23. The van der Waals surface area contributed by atoms with E-state index in [1.807, 2.05) is 13.0 Å². The molecule has 0 aliphatic carbocycles. The second-order valence-corrected chi connectivity index (χ2v) is 5.03. The summed E-state index contributed by atoms with van der Waals surface area (Å²) >= 11 is 1.36. The van der Waals surface area contributed by atoms with E-state index in [9.17, 15) is 4.39 Å². The van der Waals surface area contributed by atoms with Crippen LogP contribution in [0.3, 0.4) is 0 Å². The third-order valence-corrected chi connectivity index (χ3v) is 3.35. The number of thioether (sulfide) groups is 1. The molecule has 7 heteroatoms. The normalized spacial score (nSPS) is 10.9. The number of rotatable bonds is 4. The quantitative estimate of drug-likeness (QED) is 0.686. The minimum Gasteiger partial charge on any atom is -0.411 e. The van der Waals surface area contributed by atoms with Gasteiger partial charge in [-0.1, -0.05) is 16.9 Å². The molecule has 102 valence electrons. The van der Waals surface area contributed by atoms with Crippen LogP contribution in [-0.4, -0.2) is 15.4 Å². The van der Waals surface area contributed by atoms with Gasteiger partial charge in [0.1, 0.15) is 11.6 Å². The molecule has 1 aromatic carbocycles. The molecule has 0 aliphatic heterocycles. The largest absolute Gasteiger partial charge is 0.411 e. The SMILES string of the molecule is Cc1cc(CSc2nnc(-c3ccc(F)cc3)o2)on1. The summed E-state index contributed by atoms with van der Waals surface area (Å²) in [6, 6.07) is 7.74. The van der Waals surface area contributed by atoms with Gasteiger partial charge in [-0.25, -0.2) is 4.39 Å². The number of halogens is 1. The van der Waals surface area contributed by atoms with E-state index in [1.54, 1.807) is 12.1 Å². The lowest BCUT2D eigenvalue weighted by Gasteiger charge is -1.93. The molecule has 0 amide bonds. The Morgan fingerprint density at radius 2 is 2.00 bits per heavy atom. The van der Waals surface area contributed by atoms with E-state index in [4.69, 9.17) is 8.94 Å². The first-order valence-electron chi connectivity index (χ1n) is 5.85. The van der Waals surface area contributed by atoms with Crippen molar-refractivity contribution in [1.29, 1.82) is 0 Å². The minimum atomic E-state index is -0.302. The van der Waals surface area contributed by atoms with Crippen molar-refractivity contribution in [3.05, 3.63) is 47.6 Å². The standard InChI is InChI=1S/C13H10FN3O2S/c1-8-6-11(19-17-8)7-20-13-16-15-12(18-13)9-2-4-10(14)5-3-9/h2-6H,7H2,1H3. The molecule has 0 radical (unpaired) electrons. The Morgan fingerprint density at radius 1 is 1.20 bits per heavy atom. The van der Waals surface area contributed by atoms with Gasteiger partial charge in [-0.05, 0) is 31.2 Å². The lowest BCUT2D eigenvalue weighted by Crippen LogP contribution is -1.78. The lowest BCUT2D eigenvalue weighted by molar-refractivity contribution is 0.390. The number of aromatic nitrogens is 3. The topological polar surface area (TPSA) is 65.0 Å². The van der Waals surface area contributed by atoms with Crippen molar-refractivity contribution >= 4 is 11.8 Å². The molecule has 0 unspecified atom stereocenters. The number of hydrogen-bond acceptors (Lipinski definition) is 6. The Hall–Kier alpha value is -2.15. The molecule has 0 aliphatic rings. The Balaban J connectivity index is 1.69. The highest BCUT2D eigenvalue weighted by atomic mass is 32.2. The van der Waals surface area contributed by atoms with Gasteiger partial charge >= 0.3 is 0 Å². The summed E-state index contributed by atoms with van der Waals surface area (Å²) in [4.78, 5) is 0. The zero-order chi connectivity index (χ0) is 13.9. The molecule has 3 aromatic rings. The maximum atomic E-state index is 12.8. The van der Waals surface area contributed by atoms with E-state index in [0.29, 0.717) is 22.4 Å². The molecule has 0 atom stereocenters. The van der Waals surface area contributed by atoms with E-state index in [2.05, 4.69) is 15.4 Å². The molecule has 0 bridgehead atoms. The van der Waals surface area contributed by atoms with Gasteiger partial charge in [0, 0.05) is 11.6 Å². The molecule has 0 saturated carbocycles. The van der Waals surface area contributed by atoms with Crippen LogP contribution >= 0.6 is 11.8 Å². The van der Waals surface area contributed by atoms with Crippen molar-refractivity contribution in [2.45, 2.75) is 17.9 Å². The van der Waals surface area contributed by atoms with Gasteiger partial charge in [-0.15, -0.1) is 10.2 Å². The van der Waals surface area contributed by atoms with Crippen LogP contribution in [0, 0.1) is 12.7 Å². The molecule has 0 fully saturated rings. The molecule has 2 aromatic heterocycles. The van der Waals surface area contributed by atoms with Crippen molar-refractivity contribution in [3.63, 3.8) is 0 Å². The van der Waals surface area contributed by atoms with Crippen LogP contribution in [0.2, 0.25) is 0 Å². The molecule has 3 rings (SSSR count). The average molecular weight is 291 g/mol. The second-order valence-electron chi connectivity index (χ2n) is 4.10. The van der Waals surface area contributed by atoms with E-state index in [0.717, 1.165) is 11.5 Å². The van der Waals surface area contributed by atoms with Crippen LogP contribution < -0.4 is 0 Å². The fourth-order valence-electron chi connectivity index (χ4n) is 1.59. The highest BCUT2D eigenvalue weighted by Gasteiger charge is 2.10. The summed E-state index contributed by atoms with van der Waals surface area (Å²) in [6.07, 6.45) is 0. The van der Waals surface area contributed by atoms with Crippen LogP contribution in [0.15, 0.2) is 44.5 Å². The Bertz CT molecular complexity index is 708. The van der Waals surface area contributed by atoms with Gasteiger partial charge < -0.3 is 8.94 Å². The first kappa shape index (κ1) is 12.9. The molecular weight excluding hydrogens is 281 g/mol.